The summed E-state index contributed by atoms with van der Waals surface area (Å²) in [5.74, 6) is 0. The summed E-state index contributed by atoms with van der Waals surface area (Å²) in [4.78, 5) is 0. The van der Waals surface area contributed by atoms with Crippen LogP contribution in [-0.2, 0) is 13.1 Å². The number of nitrogens with two attached hydrogens (primary N) is 2. The molecule has 1 aromatic rings. The molecule has 0 heterocycles. The number of rotatable bonds is 2. The van der Waals surface area contributed by atoms with Crippen LogP contribution in [0.25, 0.3) is 0 Å². The molecule has 0 amide bonds. The number of benzene rings is 1. The van der Waals surface area contributed by atoms with Gasteiger partial charge in [0.1, 0.15) is 0 Å². The molecule has 0 saturated carbocycles. The molecule has 0 spiro atoms. The molecule has 0 aliphatic heterocycles. The van der Waals surface area contributed by atoms with E-state index in [1.54, 1.807) is 0 Å². The van der Waals surface area contributed by atoms with E-state index in [0.29, 0.717) is 13.1 Å². The highest BCUT2D eigenvalue weighted by atomic mass is 79.9. The van der Waals surface area contributed by atoms with Gasteiger partial charge in [-0.2, -0.15) is 0 Å². The van der Waals surface area contributed by atoms with E-state index in [9.17, 15) is 0 Å². The van der Waals surface area contributed by atoms with Crippen LogP contribution < -0.4 is 11.5 Å². The zero-order chi connectivity index (χ0) is 10.0. The van der Waals surface area contributed by atoms with Crippen LogP contribution in [-0.4, -0.2) is 0 Å². The predicted molar refractivity (Wildman–Crippen MR) is 59.4 cm³/mol. The minimum Gasteiger partial charge on any atom is -0.326 e. The van der Waals surface area contributed by atoms with E-state index in [2.05, 4.69) is 35.8 Å². The van der Waals surface area contributed by atoms with E-state index in [-0.39, 0.29) is 0 Å². The molecule has 0 saturated heterocycles. The molecule has 0 bridgehead atoms. The van der Waals surface area contributed by atoms with Crippen molar-refractivity contribution in [1.29, 1.82) is 0 Å². The fourth-order valence-corrected chi connectivity index (χ4v) is 2.13. The van der Waals surface area contributed by atoms with Crippen LogP contribution in [0.3, 0.4) is 0 Å². The smallest absolute Gasteiger partial charge is 0.0255 e. The SMILES string of the molecule is Cc1cc(CN)c(CN)c(Br)c1C. The third-order valence-corrected chi connectivity index (χ3v) is 3.46. The Morgan fingerprint density at radius 3 is 2.31 bits per heavy atom. The van der Waals surface area contributed by atoms with Gasteiger partial charge in [0, 0.05) is 17.6 Å². The molecule has 13 heavy (non-hydrogen) atoms. The molecule has 0 radical (unpaired) electrons. The summed E-state index contributed by atoms with van der Waals surface area (Å²) in [5, 5.41) is 0. The van der Waals surface area contributed by atoms with Crippen molar-refractivity contribution in [3.05, 3.63) is 32.8 Å². The van der Waals surface area contributed by atoms with Crippen molar-refractivity contribution in [2.24, 2.45) is 11.5 Å². The second-order valence-corrected chi connectivity index (χ2v) is 3.97. The number of hydrogen-bond donors (Lipinski definition) is 2. The molecule has 3 heteroatoms. The summed E-state index contributed by atoms with van der Waals surface area (Å²) < 4.78 is 1.11. The van der Waals surface area contributed by atoms with Gasteiger partial charge in [-0.3, -0.25) is 0 Å². The second kappa shape index (κ2) is 4.22. The molecule has 4 N–H and O–H groups in total. The molecule has 0 unspecified atom stereocenters. The van der Waals surface area contributed by atoms with E-state index in [4.69, 9.17) is 11.5 Å². The lowest BCUT2D eigenvalue weighted by Gasteiger charge is -2.13. The quantitative estimate of drug-likeness (QED) is 0.834. The van der Waals surface area contributed by atoms with Crippen LogP contribution in [0.2, 0.25) is 0 Å². The first-order valence-corrected chi connectivity index (χ1v) is 5.08. The van der Waals surface area contributed by atoms with Gasteiger partial charge >= 0.3 is 0 Å². The van der Waals surface area contributed by atoms with Gasteiger partial charge in [-0.05, 0) is 36.1 Å². The van der Waals surface area contributed by atoms with Gasteiger partial charge in [-0.25, -0.2) is 0 Å². The molecule has 2 nitrogen and oxygen atoms in total. The maximum absolute atomic E-state index is 5.66. The Hall–Kier alpha value is -0.380. The van der Waals surface area contributed by atoms with Crippen molar-refractivity contribution >= 4 is 15.9 Å². The zero-order valence-electron chi connectivity index (χ0n) is 8.02. The van der Waals surface area contributed by atoms with Gasteiger partial charge in [0.15, 0.2) is 0 Å². The molecule has 1 aromatic carbocycles. The van der Waals surface area contributed by atoms with Crippen molar-refractivity contribution < 1.29 is 0 Å². The van der Waals surface area contributed by atoms with Crippen LogP contribution in [0.5, 0.6) is 0 Å². The fourth-order valence-electron chi connectivity index (χ4n) is 1.40. The van der Waals surface area contributed by atoms with Crippen molar-refractivity contribution in [2.45, 2.75) is 26.9 Å². The third kappa shape index (κ3) is 1.93. The van der Waals surface area contributed by atoms with Crippen molar-refractivity contribution in [2.75, 3.05) is 0 Å². The number of halogens is 1. The Bertz CT molecular complexity index is 321. The average Bonchev–Trinajstić information content (AvgIpc) is 2.13. The molecule has 1 rings (SSSR count). The summed E-state index contributed by atoms with van der Waals surface area (Å²) in [7, 11) is 0. The van der Waals surface area contributed by atoms with Crippen LogP contribution in [0.1, 0.15) is 22.3 Å². The molecule has 72 valence electrons. The average molecular weight is 243 g/mol. The number of aryl methyl sites for hydroxylation is 1. The Labute approximate surface area is 87.4 Å². The van der Waals surface area contributed by atoms with Crippen LogP contribution in [0.15, 0.2) is 10.5 Å². The number of hydrogen-bond acceptors (Lipinski definition) is 2. The topological polar surface area (TPSA) is 52.0 Å². The zero-order valence-corrected chi connectivity index (χ0v) is 9.61. The molecule has 0 aromatic heterocycles. The summed E-state index contributed by atoms with van der Waals surface area (Å²) >= 11 is 3.55. The van der Waals surface area contributed by atoms with Gasteiger partial charge in [0.05, 0.1) is 0 Å². The largest absolute Gasteiger partial charge is 0.326 e. The van der Waals surface area contributed by atoms with Crippen molar-refractivity contribution in [1.82, 2.24) is 0 Å². The van der Waals surface area contributed by atoms with Gasteiger partial charge in [0.2, 0.25) is 0 Å². The summed E-state index contributed by atoms with van der Waals surface area (Å²) in [6.45, 7) is 5.25. The monoisotopic (exact) mass is 242 g/mol. The Morgan fingerprint density at radius 1 is 1.23 bits per heavy atom. The van der Waals surface area contributed by atoms with Gasteiger partial charge in [-0.1, -0.05) is 22.0 Å². The lowest BCUT2D eigenvalue weighted by molar-refractivity contribution is 0.961. The highest BCUT2D eigenvalue weighted by Gasteiger charge is 2.08. The normalized spacial score (nSPS) is 10.5. The lowest BCUT2D eigenvalue weighted by atomic mass is 10.00. The Morgan fingerprint density at radius 2 is 1.85 bits per heavy atom. The Kier molecular flexibility index (Phi) is 3.47. The molecular formula is C10H15BrN2. The third-order valence-electron chi connectivity index (χ3n) is 2.39. The summed E-state index contributed by atoms with van der Waals surface area (Å²) in [5.41, 5.74) is 16.1. The van der Waals surface area contributed by atoms with Crippen molar-refractivity contribution in [3.8, 4) is 0 Å². The van der Waals surface area contributed by atoms with Gasteiger partial charge < -0.3 is 11.5 Å². The van der Waals surface area contributed by atoms with E-state index >= 15 is 0 Å². The van der Waals surface area contributed by atoms with Gasteiger partial charge in [-0.15, -0.1) is 0 Å². The standard InChI is InChI=1S/C10H15BrN2/c1-6-3-8(4-12)9(5-13)10(11)7(6)2/h3H,4-5,12-13H2,1-2H3. The lowest BCUT2D eigenvalue weighted by Crippen LogP contribution is -2.08. The minimum absolute atomic E-state index is 0.536. The molecule has 0 aliphatic carbocycles. The second-order valence-electron chi connectivity index (χ2n) is 3.18. The van der Waals surface area contributed by atoms with E-state index < -0.39 is 0 Å². The minimum atomic E-state index is 0.536. The summed E-state index contributed by atoms with van der Waals surface area (Å²) in [6, 6.07) is 2.11. The molecule has 0 fully saturated rings. The summed E-state index contributed by atoms with van der Waals surface area (Å²) in [6.07, 6.45) is 0. The van der Waals surface area contributed by atoms with Crippen LogP contribution in [0, 0.1) is 13.8 Å². The molecular weight excluding hydrogens is 228 g/mol. The first kappa shape index (κ1) is 10.7. The maximum Gasteiger partial charge on any atom is 0.0255 e. The van der Waals surface area contributed by atoms with Crippen LogP contribution >= 0.6 is 15.9 Å². The highest BCUT2D eigenvalue weighted by molar-refractivity contribution is 9.10. The van der Waals surface area contributed by atoms with E-state index in [1.807, 2.05) is 0 Å². The van der Waals surface area contributed by atoms with Crippen molar-refractivity contribution in [3.63, 3.8) is 0 Å². The van der Waals surface area contributed by atoms with Gasteiger partial charge in [0.25, 0.3) is 0 Å². The predicted octanol–water partition coefficient (Wildman–Crippen LogP) is 1.98. The first-order chi connectivity index (χ1) is 6.11. The maximum atomic E-state index is 5.66. The molecule has 0 atom stereocenters. The van der Waals surface area contributed by atoms with Crippen LogP contribution in [0.4, 0.5) is 0 Å². The van der Waals surface area contributed by atoms with E-state index in [1.165, 1.54) is 11.1 Å². The first-order valence-electron chi connectivity index (χ1n) is 4.29. The van der Waals surface area contributed by atoms with E-state index in [0.717, 1.165) is 15.6 Å². The highest BCUT2D eigenvalue weighted by Crippen LogP contribution is 2.27. The fraction of sp³-hybridized carbons (Fsp3) is 0.400. The molecule has 0 aliphatic rings. The Balaban J connectivity index is 3.39.